The largest absolute Gasteiger partial charge is 0.481 e. The zero-order valence-corrected chi connectivity index (χ0v) is 13.6. The maximum Gasteiger partial charge on any atom is 0.221 e. The number of pyridine rings is 2. The quantitative estimate of drug-likeness (QED) is 0.576. The van der Waals surface area contributed by atoms with Crippen molar-refractivity contribution < 1.29 is 9.26 Å². The number of ether oxygens (including phenoxy) is 1. The van der Waals surface area contributed by atoms with E-state index < -0.39 is 0 Å². The molecule has 0 radical (unpaired) electrons. The van der Waals surface area contributed by atoms with E-state index >= 15 is 0 Å². The Hall–Kier alpha value is -3.15. The van der Waals surface area contributed by atoms with Crippen molar-refractivity contribution in [3.63, 3.8) is 0 Å². The highest BCUT2D eigenvalue weighted by atomic mass is 16.5. The van der Waals surface area contributed by atoms with Crippen LogP contribution in [0.4, 0.5) is 0 Å². The Balaban J connectivity index is 2.03. The van der Waals surface area contributed by atoms with E-state index in [9.17, 15) is 0 Å². The van der Waals surface area contributed by atoms with Gasteiger partial charge in [-0.3, -0.25) is 0 Å². The van der Waals surface area contributed by atoms with Gasteiger partial charge in [-0.1, -0.05) is 5.16 Å². The lowest BCUT2D eigenvalue weighted by Gasteiger charge is -2.11. The number of methoxy groups -OCH3 is 1. The molecule has 0 saturated carbocycles. The molecule has 4 aromatic heterocycles. The minimum Gasteiger partial charge on any atom is -0.481 e. The predicted molar refractivity (Wildman–Crippen MR) is 89.9 cm³/mol. The molecule has 0 aromatic carbocycles. The average Bonchev–Trinajstić information content (AvgIpc) is 3.20. The van der Waals surface area contributed by atoms with Gasteiger partial charge < -0.3 is 13.7 Å². The summed E-state index contributed by atoms with van der Waals surface area (Å²) in [6, 6.07) is 5.98. The first-order chi connectivity index (χ1) is 11.7. The molecule has 0 fully saturated rings. The number of aryl methyl sites for hydroxylation is 2. The van der Waals surface area contributed by atoms with E-state index in [1.807, 2.05) is 42.8 Å². The van der Waals surface area contributed by atoms with Crippen LogP contribution in [0.15, 0.2) is 47.6 Å². The highest BCUT2D eigenvalue weighted by molar-refractivity contribution is 5.86. The summed E-state index contributed by atoms with van der Waals surface area (Å²) < 4.78 is 12.7. The van der Waals surface area contributed by atoms with Gasteiger partial charge in [-0.2, -0.15) is 0 Å². The van der Waals surface area contributed by atoms with Gasteiger partial charge in [0.25, 0.3) is 0 Å². The number of nitrogens with zero attached hydrogens (tertiary/aromatic N) is 4. The molecule has 4 heterocycles. The van der Waals surface area contributed by atoms with E-state index in [1.165, 1.54) is 0 Å². The Morgan fingerprint density at radius 2 is 2.08 bits per heavy atom. The summed E-state index contributed by atoms with van der Waals surface area (Å²) in [5.74, 6) is 1.37. The Kier molecular flexibility index (Phi) is 3.30. The fourth-order valence-electron chi connectivity index (χ4n) is 3.02. The van der Waals surface area contributed by atoms with Crippen LogP contribution in [0, 0.1) is 13.8 Å². The van der Waals surface area contributed by atoms with Crippen LogP contribution in [0.5, 0.6) is 5.88 Å². The summed E-state index contributed by atoms with van der Waals surface area (Å²) in [5.41, 5.74) is 5.77. The Morgan fingerprint density at radius 3 is 2.83 bits per heavy atom. The van der Waals surface area contributed by atoms with Crippen molar-refractivity contribution in [1.29, 1.82) is 0 Å². The number of hydrogen-bond donors (Lipinski definition) is 0. The van der Waals surface area contributed by atoms with Gasteiger partial charge >= 0.3 is 0 Å². The van der Waals surface area contributed by atoms with Gasteiger partial charge in [-0.15, -0.1) is 0 Å². The van der Waals surface area contributed by atoms with E-state index in [4.69, 9.17) is 9.26 Å². The lowest BCUT2D eigenvalue weighted by atomic mass is 10.00. The summed E-state index contributed by atoms with van der Waals surface area (Å²) in [4.78, 5) is 8.56. The van der Waals surface area contributed by atoms with Crippen LogP contribution in [0.3, 0.4) is 0 Å². The first kappa shape index (κ1) is 14.4. The van der Waals surface area contributed by atoms with Crippen molar-refractivity contribution in [2.24, 2.45) is 0 Å². The van der Waals surface area contributed by atoms with Crippen LogP contribution in [0.25, 0.3) is 27.8 Å². The molecular weight excluding hydrogens is 304 g/mol. The van der Waals surface area contributed by atoms with Gasteiger partial charge in [-0.25, -0.2) is 9.97 Å². The van der Waals surface area contributed by atoms with Crippen LogP contribution in [0.1, 0.15) is 11.5 Å². The highest BCUT2D eigenvalue weighted by Gasteiger charge is 2.17. The summed E-state index contributed by atoms with van der Waals surface area (Å²) in [5, 5.41) is 4.08. The van der Waals surface area contributed by atoms with Crippen molar-refractivity contribution in [3.8, 4) is 28.1 Å². The smallest absolute Gasteiger partial charge is 0.221 e. The minimum absolute atomic E-state index is 0.585. The summed E-state index contributed by atoms with van der Waals surface area (Å²) in [7, 11) is 1.62. The third-order valence-corrected chi connectivity index (χ3v) is 4.10. The lowest BCUT2D eigenvalue weighted by Crippen LogP contribution is -1.95. The first-order valence-corrected chi connectivity index (χ1v) is 7.57. The van der Waals surface area contributed by atoms with Crippen LogP contribution in [-0.2, 0) is 0 Å². The van der Waals surface area contributed by atoms with Crippen molar-refractivity contribution in [3.05, 3.63) is 54.6 Å². The topological polar surface area (TPSA) is 65.5 Å². The van der Waals surface area contributed by atoms with Crippen LogP contribution < -0.4 is 4.74 Å². The number of rotatable bonds is 3. The molecule has 0 amide bonds. The normalized spacial score (nSPS) is 11.1. The summed E-state index contributed by atoms with van der Waals surface area (Å²) in [6.45, 7) is 3.86. The van der Waals surface area contributed by atoms with Gasteiger partial charge in [-0.05, 0) is 32.0 Å². The molecule has 0 N–H and O–H groups in total. The molecule has 4 rings (SSSR count). The van der Waals surface area contributed by atoms with Gasteiger partial charge in [0.15, 0.2) is 0 Å². The Morgan fingerprint density at radius 1 is 1.21 bits per heavy atom. The van der Waals surface area contributed by atoms with Gasteiger partial charge in [0.1, 0.15) is 5.76 Å². The van der Waals surface area contributed by atoms with E-state index in [0.29, 0.717) is 5.88 Å². The second kappa shape index (κ2) is 5.49. The molecule has 6 heteroatoms. The number of aromatic nitrogens is 4. The van der Waals surface area contributed by atoms with Gasteiger partial charge in [0.2, 0.25) is 5.88 Å². The van der Waals surface area contributed by atoms with Crippen LogP contribution in [0.2, 0.25) is 0 Å². The molecule has 120 valence electrons. The molecule has 0 bridgehead atoms. The average molecular weight is 320 g/mol. The third kappa shape index (κ3) is 2.15. The predicted octanol–water partition coefficient (Wildman–Crippen LogP) is 3.68. The first-order valence-electron chi connectivity index (χ1n) is 7.57. The summed E-state index contributed by atoms with van der Waals surface area (Å²) in [6.07, 6.45) is 7.35. The van der Waals surface area contributed by atoms with E-state index in [1.54, 1.807) is 19.6 Å². The molecule has 4 aromatic rings. The van der Waals surface area contributed by atoms with Crippen molar-refractivity contribution in [2.75, 3.05) is 7.11 Å². The van der Waals surface area contributed by atoms with Gasteiger partial charge in [0, 0.05) is 34.6 Å². The van der Waals surface area contributed by atoms with Crippen molar-refractivity contribution >= 4 is 5.52 Å². The fraction of sp³-hybridized carbons (Fsp3) is 0.167. The molecule has 24 heavy (non-hydrogen) atoms. The van der Waals surface area contributed by atoms with Crippen LogP contribution >= 0.6 is 0 Å². The summed E-state index contributed by atoms with van der Waals surface area (Å²) >= 11 is 0. The highest BCUT2D eigenvalue weighted by Crippen LogP contribution is 2.36. The molecule has 0 atom stereocenters. The van der Waals surface area contributed by atoms with Gasteiger partial charge in [0.05, 0.1) is 30.8 Å². The van der Waals surface area contributed by atoms with E-state index in [-0.39, 0.29) is 0 Å². The lowest BCUT2D eigenvalue weighted by molar-refractivity contribution is 0.393. The SMILES string of the molecule is COc1ncccc1-c1cc(-c2c(C)noc2C)c2cncn2c1. The second-order valence-corrected chi connectivity index (χ2v) is 5.59. The van der Waals surface area contributed by atoms with E-state index in [0.717, 1.165) is 39.2 Å². The zero-order valence-electron chi connectivity index (χ0n) is 13.6. The molecular formula is C18H16N4O2. The van der Waals surface area contributed by atoms with Crippen LogP contribution in [-0.4, -0.2) is 26.6 Å². The van der Waals surface area contributed by atoms with Crippen molar-refractivity contribution in [1.82, 2.24) is 19.5 Å². The number of hydrogen-bond acceptors (Lipinski definition) is 5. The molecule has 0 aliphatic carbocycles. The fourth-order valence-corrected chi connectivity index (χ4v) is 3.02. The molecule has 0 unspecified atom stereocenters. The standard InChI is InChI=1S/C18H16N4O2/c1-11-17(12(2)24-21-11)15-7-13(9-22-10-19-8-16(15)22)14-5-4-6-20-18(14)23-3/h4-10H,1-3H3. The number of imidazole rings is 1. The molecule has 0 saturated heterocycles. The molecule has 6 nitrogen and oxygen atoms in total. The Labute approximate surface area is 138 Å². The maximum atomic E-state index is 5.40. The monoisotopic (exact) mass is 320 g/mol. The molecule has 0 spiro atoms. The third-order valence-electron chi connectivity index (χ3n) is 4.10. The maximum absolute atomic E-state index is 5.40. The molecule has 0 aliphatic rings. The number of fused-ring (bicyclic) bond motifs is 1. The second-order valence-electron chi connectivity index (χ2n) is 5.59. The van der Waals surface area contributed by atoms with Crippen molar-refractivity contribution in [2.45, 2.75) is 13.8 Å². The zero-order chi connectivity index (χ0) is 16.7. The minimum atomic E-state index is 0.585. The Bertz CT molecular complexity index is 1010. The van der Waals surface area contributed by atoms with E-state index in [2.05, 4.69) is 21.2 Å². The molecule has 0 aliphatic heterocycles.